The van der Waals surface area contributed by atoms with Crippen LogP contribution >= 0.6 is 0 Å². The van der Waals surface area contributed by atoms with Gasteiger partial charge in [-0.15, -0.1) is 0 Å². The predicted octanol–water partition coefficient (Wildman–Crippen LogP) is 3.77. The van der Waals surface area contributed by atoms with Gasteiger partial charge in [-0.2, -0.15) is 0 Å². The Morgan fingerprint density at radius 2 is 1.81 bits per heavy atom. The molecule has 2 heteroatoms. The Labute approximate surface area is 129 Å². The molecular formula is C19H30N2. The molecule has 21 heavy (non-hydrogen) atoms. The molecule has 3 rings (SSSR count). The number of hydrogen-bond donors (Lipinski definition) is 1. The topological polar surface area (TPSA) is 15.3 Å². The van der Waals surface area contributed by atoms with E-state index in [0.29, 0.717) is 23.5 Å². The maximum Gasteiger partial charge on any atom is 0.0380 e. The summed E-state index contributed by atoms with van der Waals surface area (Å²) in [5, 5.41) is 4.00. The van der Waals surface area contributed by atoms with Crippen LogP contribution < -0.4 is 5.32 Å². The van der Waals surface area contributed by atoms with Gasteiger partial charge < -0.3 is 10.2 Å². The highest BCUT2D eigenvalue weighted by atomic mass is 15.2. The van der Waals surface area contributed by atoms with Gasteiger partial charge in [-0.1, -0.05) is 38.1 Å². The van der Waals surface area contributed by atoms with E-state index in [-0.39, 0.29) is 0 Å². The molecule has 0 radical (unpaired) electrons. The van der Waals surface area contributed by atoms with Crippen molar-refractivity contribution in [1.29, 1.82) is 0 Å². The predicted molar refractivity (Wildman–Crippen MR) is 89.5 cm³/mol. The lowest BCUT2D eigenvalue weighted by Gasteiger charge is -2.38. The molecule has 1 aromatic rings. The van der Waals surface area contributed by atoms with Crippen molar-refractivity contribution >= 4 is 0 Å². The molecule has 116 valence electrons. The Morgan fingerprint density at radius 3 is 2.48 bits per heavy atom. The first-order valence-corrected chi connectivity index (χ1v) is 8.55. The Balaban J connectivity index is 1.68. The van der Waals surface area contributed by atoms with E-state index in [9.17, 15) is 0 Å². The average molecular weight is 286 g/mol. The Hall–Kier alpha value is -0.860. The number of fused-ring (bicyclic) bond motifs is 1. The molecule has 1 aliphatic heterocycles. The lowest BCUT2D eigenvalue weighted by Crippen LogP contribution is -2.47. The van der Waals surface area contributed by atoms with Crippen LogP contribution in [0.25, 0.3) is 0 Å². The molecule has 0 saturated carbocycles. The second-order valence-electron chi connectivity index (χ2n) is 7.87. The fraction of sp³-hybridized carbons (Fsp3) is 0.684. The zero-order chi connectivity index (χ0) is 15.0. The number of rotatable bonds is 3. The molecular weight excluding hydrogens is 256 g/mol. The van der Waals surface area contributed by atoms with E-state index in [1.807, 2.05) is 0 Å². The zero-order valence-electron chi connectivity index (χ0n) is 14.0. The molecule has 0 amide bonds. The first-order chi connectivity index (χ1) is 9.97. The van der Waals surface area contributed by atoms with Gasteiger partial charge >= 0.3 is 0 Å². The van der Waals surface area contributed by atoms with Crippen molar-refractivity contribution in [3.8, 4) is 0 Å². The fourth-order valence-electron chi connectivity index (χ4n) is 4.12. The van der Waals surface area contributed by atoms with E-state index in [0.717, 1.165) is 0 Å². The van der Waals surface area contributed by atoms with Crippen LogP contribution in [-0.2, 0) is 6.42 Å². The van der Waals surface area contributed by atoms with Crippen LogP contribution in [0.15, 0.2) is 24.3 Å². The van der Waals surface area contributed by atoms with Crippen molar-refractivity contribution in [3.05, 3.63) is 35.4 Å². The minimum atomic E-state index is 0.332. The van der Waals surface area contributed by atoms with Gasteiger partial charge in [-0.25, -0.2) is 0 Å². The maximum absolute atomic E-state index is 4.00. The molecule has 1 aromatic carbocycles. The lowest BCUT2D eigenvalue weighted by molar-refractivity contribution is 0.142. The van der Waals surface area contributed by atoms with Gasteiger partial charge in [0.05, 0.1) is 0 Å². The summed E-state index contributed by atoms with van der Waals surface area (Å²) < 4.78 is 0. The van der Waals surface area contributed by atoms with Crippen LogP contribution in [-0.4, -0.2) is 30.1 Å². The third-order valence-corrected chi connectivity index (χ3v) is 5.46. The molecule has 1 N–H and O–H groups in total. The molecule has 0 bridgehead atoms. The average Bonchev–Trinajstić information content (AvgIpc) is 2.70. The molecule has 1 unspecified atom stereocenters. The Morgan fingerprint density at radius 1 is 1.14 bits per heavy atom. The van der Waals surface area contributed by atoms with Crippen LogP contribution in [0.2, 0.25) is 0 Å². The number of piperidine rings is 1. The van der Waals surface area contributed by atoms with Gasteiger partial charge in [0, 0.05) is 18.1 Å². The van der Waals surface area contributed by atoms with Crippen molar-refractivity contribution in [2.45, 2.75) is 65.1 Å². The van der Waals surface area contributed by atoms with Crippen molar-refractivity contribution < 1.29 is 0 Å². The number of nitrogens with zero attached hydrogens (tertiary/aromatic N) is 1. The molecule has 0 spiro atoms. The number of hydrogen-bond acceptors (Lipinski definition) is 2. The zero-order valence-corrected chi connectivity index (χ0v) is 14.0. The lowest BCUT2D eigenvalue weighted by atomic mass is 9.84. The van der Waals surface area contributed by atoms with Crippen LogP contribution in [0.3, 0.4) is 0 Å². The maximum atomic E-state index is 4.00. The van der Waals surface area contributed by atoms with Gasteiger partial charge in [-0.05, 0) is 62.7 Å². The van der Waals surface area contributed by atoms with E-state index in [1.165, 1.54) is 37.9 Å². The van der Waals surface area contributed by atoms with Crippen molar-refractivity contribution in [2.75, 3.05) is 13.1 Å². The summed E-state index contributed by atoms with van der Waals surface area (Å²) in [6.07, 6.45) is 3.77. The second kappa shape index (κ2) is 5.73. The van der Waals surface area contributed by atoms with Gasteiger partial charge in [0.2, 0.25) is 0 Å². The molecule has 2 aliphatic rings. The highest BCUT2D eigenvalue weighted by Crippen LogP contribution is 2.45. The summed E-state index contributed by atoms with van der Waals surface area (Å²) >= 11 is 0. The van der Waals surface area contributed by atoms with Crippen molar-refractivity contribution in [1.82, 2.24) is 10.2 Å². The van der Waals surface area contributed by atoms with Gasteiger partial charge in [-0.3, -0.25) is 0 Å². The minimum Gasteiger partial charge on any atom is -0.307 e. The quantitative estimate of drug-likeness (QED) is 0.910. The largest absolute Gasteiger partial charge is 0.307 e. The molecule has 2 nitrogen and oxygen atoms in total. The molecule has 1 saturated heterocycles. The van der Waals surface area contributed by atoms with E-state index in [4.69, 9.17) is 0 Å². The van der Waals surface area contributed by atoms with Crippen LogP contribution in [0.5, 0.6) is 0 Å². The normalized spacial score (nSPS) is 26.2. The summed E-state index contributed by atoms with van der Waals surface area (Å²) in [4.78, 5) is 2.60. The summed E-state index contributed by atoms with van der Waals surface area (Å²) in [6, 6.07) is 10.9. The highest BCUT2D eigenvalue weighted by molar-refractivity contribution is 5.37. The standard InChI is InChI=1S/C19H30N2/c1-14(2)21-11-9-16(10-12-21)20-18-17-8-6-5-7-15(17)13-19(18,3)4/h5-8,14,16,18,20H,9-13H2,1-4H3. The van der Waals surface area contributed by atoms with Gasteiger partial charge in [0.25, 0.3) is 0 Å². The fourth-order valence-corrected chi connectivity index (χ4v) is 4.12. The van der Waals surface area contributed by atoms with Crippen molar-refractivity contribution in [2.24, 2.45) is 5.41 Å². The van der Waals surface area contributed by atoms with Gasteiger partial charge in [0.15, 0.2) is 0 Å². The van der Waals surface area contributed by atoms with E-state index in [2.05, 4.69) is 62.2 Å². The molecule has 1 fully saturated rings. The molecule has 0 aromatic heterocycles. The van der Waals surface area contributed by atoms with Crippen molar-refractivity contribution in [3.63, 3.8) is 0 Å². The Kier molecular flexibility index (Phi) is 4.11. The van der Waals surface area contributed by atoms with E-state index >= 15 is 0 Å². The van der Waals surface area contributed by atoms with E-state index in [1.54, 1.807) is 5.56 Å². The first kappa shape index (κ1) is 15.1. The Bertz CT molecular complexity index is 484. The van der Waals surface area contributed by atoms with Crippen LogP contribution in [0.1, 0.15) is 57.7 Å². The minimum absolute atomic E-state index is 0.332. The monoisotopic (exact) mass is 286 g/mol. The van der Waals surface area contributed by atoms with Crippen LogP contribution in [0, 0.1) is 5.41 Å². The molecule has 1 heterocycles. The highest BCUT2D eigenvalue weighted by Gasteiger charge is 2.39. The smallest absolute Gasteiger partial charge is 0.0380 e. The molecule has 1 aliphatic carbocycles. The number of benzene rings is 1. The molecule has 1 atom stereocenters. The first-order valence-electron chi connectivity index (χ1n) is 8.55. The number of nitrogens with one attached hydrogen (secondary N) is 1. The SMILES string of the molecule is CC(C)N1CCC(NC2c3ccccc3CC2(C)C)CC1. The van der Waals surface area contributed by atoms with E-state index < -0.39 is 0 Å². The summed E-state index contributed by atoms with van der Waals surface area (Å²) in [5.41, 5.74) is 3.41. The third-order valence-electron chi connectivity index (χ3n) is 5.46. The third kappa shape index (κ3) is 3.02. The number of likely N-dealkylation sites (tertiary alicyclic amines) is 1. The summed E-state index contributed by atoms with van der Waals surface area (Å²) in [5.74, 6) is 0. The summed E-state index contributed by atoms with van der Waals surface area (Å²) in [6.45, 7) is 11.9. The second-order valence-corrected chi connectivity index (χ2v) is 7.87. The van der Waals surface area contributed by atoms with Gasteiger partial charge in [0.1, 0.15) is 0 Å². The summed E-state index contributed by atoms with van der Waals surface area (Å²) in [7, 11) is 0. The van der Waals surface area contributed by atoms with Crippen LogP contribution in [0.4, 0.5) is 0 Å².